The Balaban J connectivity index is 1.67. The second-order valence-electron chi connectivity index (χ2n) is 6.60. The van der Waals surface area contributed by atoms with Gasteiger partial charge in [-0.3, -0.25) is 4.79 Å². The van der Waals surface area contributed by atoms with Crippen molar-refractivity contribution in [2.45, 2.75) is 44.3 Å². The number of primary amides is 1. The molecular weight excluding hydrogens is 362 g/mol. The number of carbonyl (C=O) groups is 1. The van der Waals surface area contributed by atoms with Gasteiger partial charge in [-0.2, -0.15) is 8.78 Å². The van der Waals surface area contributed by atoms with E-state index < -0.39 is 12.2 Å². The number of hydrogen-bond donors (Lipinski definition) is 1. The zero-order chi connectivity index (χ0) is 19.3. The molecule has 1 atom stereocenters. The summed E-state index contributed by atoms with van der Waals surface area (Å²) in [5.74, 6) is -0.247. The van der Waals surface area contributed by atoms with Gasteiger partial charge < -0.3 is 24.8 Å². The summed E-state index contributed by atoms with van der Waals surface area (Å²) in [5.41, 5.74) is 6.09. The molecular formula is C18H22F2N2O5. The Hall–Kier alpha value is -2.42. The number of nitrogens with two attached hydrogens (primary N) is 1. The fraction of sp³-hybridized carbons (Fsp3) is 0.556. The monoisotopic (exact) mass is 384 g/mol. The van der Waals surface area contributed by atoms with Crippen molar-refractivity contribution < 1.29 is 32.6 Å². The van der Waals surface area contributed by atoms with Crippen molar-refractivity contribution in [3.8, 4) is 11.5 Å². The third-order valence-corrected chi connectivity index (χ3v) is 4.47. The molecule has 0 bridgehead atoms. The lowest BCUT2D eigenvalue weighted by Crippen LogP contribution is -2.29. The first-order valence-electron chi connectivity index (χ1n) is 8.81. The third kappa shape index (κ3) is 5.06. The Morgan fingerprint density at radius 2 is 2.19 bits per heavy atom. The molecule has 1 saturated heterocycles. The molecule has 27 heavy (non-hydrogen) atoms. The van der Waals surface area contributed by atoms with Crippen molar-refractivity contribution in [1.82, 2.24) is 0 Å². The summed E-state index contributed by atoms with van der Waals surface area (Å²) in [6.45, 7) is -1.60. The van der Waals surface area contributed by atoms with E-state index in [2.05, 4.69) is 9.89 Å². The average molecular weight is 384 g/mol. The summed E-state index contributed by atoms with van der Waals surface area (Å²) in [5, 5.41) is 4.14. The number of alkyl halides is 2. The minimum atomic E-state index is -2.96. The lowest BCUT2D eigenvalue weighted by atomic mass is 9.93. The van der Waals surface area contributed by atoms with Crippen LogP contribution >= 0.6 is 0 Å². The van der Waals surface area contributed by atoms with Gasteiger partial charge >= 0.3 is 6.61 Å². The number of carbonyl (C=O) groups excluding carboxylic acids is 1. The largest absolute Gasteiger partial charge is 0.490 e. The van der Waals surface area contributed by atoms with E-state index in [1.165, 1.54) is 6.07 Å². The van der Waals surface area contributed by atoms with Crippen LogP contribution in [-0.2, 0) is 14.4 Å². The van der Waals surface area contributed by atoms with Gasteiger partial charge in [0.15, 0.2) is 17.1 Å². The maximum Gasteiger partial charge on any atom is 0.387 e. The van der Waals surface area contributed by atoms with Crippen molar-refractivity contribution in [2.24, 2.45) is 10.9 Å². The van der Waals surface area contributed by atoms with E-state index in [0.717, 1.165) is 6.42 Å². The molecule has 2 aliphatic heterocycles. The van der Waals surface area contributed by atoms with E-state index in [1.54, 1.807) is 12.1 Å². The highest BCUT2D eigenvalue weighted by atomic mass is 19.3. The minimum absolute atomic E-state index is 0.0536. The maximum atomic E-state index is 12.6. The number of ether oxygens (including phenoxy) is 3. The first-order chi connectivity index (χ1) is 13.0. The Morgan fingerprint density at radius 3 is 2.89 bits per heavy atom. The predicted molar refractivity (Wildman–Crippen MR) is 92.0 cm³/mol. The Kier molecular flexibility index (Phi) is 6.10. The van der Waals surface area contributed by atoms with Crippen LogP contribution in [0.4, 0.5) is 8.78 Å². The van der Waals surface area contributed by atoms with E-state index in [0.29, 0.717) is 43.8 Å². The number of halogens is 2. The number of rotatable bonds is 9. The third-order valence-electron chi connectivity index (χ3n) is 4.47. The van der Waals surface area contributed by atoms with Crippen molar-refractivity contribution in [1.29, 1.82) is 0 Å². The second-order valence-corrected chi connectivity index (χ2v) is 6.60. The van der Waals surface area contributed by atoms with Crippen molar-refractivity contribution in [3.63, 3.8) is 0 Å². The standard InChI is InChI=1S/C18H22F2N2O5/c19-17(20)26-14-5-4-12(9-15(14)25-7-2-1-3-16(21)23)13-10-18(27-22-13)6-8-24-11-18/h4-5,9,17H,1-3,6-8,10-11H2,(H2,21,23). The Morgan fingerprint density at radius 1 is 1.33 bits per heavy atom. The molecule has 1 amide bonds. The molecule has 0 saturated carbocycles. The summed E-state index contributed by atoms with van der Waals surface area (Å²) < 4.78 is 40.8. The molecule has 1 aromatic rings. The molecule has 148 valence electrons. The topological polar surface area (TPSA) is 92.4 Å². The van der Waals surface area contributed by atoms with E-state index >= 15 is 0 Å². The van der Waals surface area contributed by atoms with Crippen LogP contribution in [0.15, 0.2) is 23.4 Å². The molecule has 1 spiro atoms. The fourth-order valence-electron chi connectivity index (χ4n) is 3.05. The van der Waals surface area contributed by atoms with Gasteiger partial charge in [0.1, 0.15) is 0 Å². The van der Waals surface area contributed by atoms with Gasteiger partial charge in [-0.1, -0.05) is 5.16 Å². The highest BCUT2D eigenvalue weighted by Crippen LogP contribution is 2.36. The zero-order valence-corrected chi connectivity index (χ0v) is 14.8. The highest BCUT2D eigenvalue weighted by molar-refractivity contribution is 6.02. The predicted octanol–water partition coefficient (Wildman–Crippen LogP) is 2.61. The number of benzene rings is 1. The van der Waals surface area contributed by atoms with E-state index in [1.807, 2.05) is 0 Å². The quantitative estimate of drug-likeness (QED) is 0.661. The van der Waals surface area contributed by atoms with Crippen LogP contribution in [0.1, 0.15) is 37.7 Å². The van der Waals surface area contributed by atoms with Crippen LogP contribution in [0.3, 0.4) is 0 Å². The SMILES string of the molecule is NC(=O)CCCCOc1cc(C2=NOC3(CCOC3)C2)ccc1OC(F)F. The summed E-state index contributed by atoms with van der Waals surface area (Å²) in [7, 11) is 0. The Labute approximate surface area is 155 Å². The molecule has 7 nitrogen and oxygen atoms in total. The van der Waals surface area contributed by atoms with Gasteiger partial charge in [-0.15, -0.1) is 0 Å². The van der Waals surface area contributed by atoms with Crippen LogP contribution in [0.2, 0.25) is 0 Å². The minimum Gasteiger partial charge on any atom is -0.490 e. The molecule has 1 fully saturated rings. The molecule has 2 N–H and O–H groups in total. The lowest BCUT2D eigenvalue weighted by Gasteiger charge is -2.17. The normalized spacial score (nSPS) is 21.4. The van der Waals surface area contributed by atoms with E-state index in [4.69, 9.17) is 20.0 Å². The molecule has 3 rings (SSSR count). The number of nitrogens with zero attached hydrogens (tertiary/aromatic N) is 1. The van der Waals surface area contributed by atoms with Crippen LogP contribution < -0.4 is 15.2 Å². The Bertz CT molecular complexity index is 705. The molecule has 0 aliphatic carbocycles. The van der Waals surface area contributed by atoms with Gasteiger partial charge in [0.25, 0.3) is 0 Å². The van der Waals surface area contributed by atoms with Crippen LogP contribution in [0, 0.1) is 0 Å². The molecule has 1 aromatic carbocycles. The summed E-state index contributed by atoms with van der Waals surface area (Å²) in [6.07, 6.45) is 2.72. The first-order valence-corrected chi connectivity index (χ1v) is 8.81. The molecule has 9 heteroatoms. The molecule has 2 heterocycles. The number of amides is 1. The summed E-state index contributed by atoms with van der Waals surface area (Å²) in [4.78, 5) is 16.3. The fourth-order valence-corrected chi connectivity index (χ4v) is 3.05. The number of unbranched alkanes of at least 4 members (excludes halogenated alkanes) is 1. The molecule has 0 aromatic heterocycles. The maximum absolute atomic E-state index is 12.6. The van der Waals surface area contributed by atoms with Gasteiger partial charge in [0.2, 0.25) is 5.91 Å². The average Bonchev–Trinajstić information content (AvgIpc) is 3.25. The second kappa shape index (κ2) is 8.51. The van der Waals surface area contributed by atoms with Crippen molar-refractivity contribution in [3.05, 3.63) is 23.8 Å². The number of hydrogen-bond acceptors (Lipinski definition) is 6. The van der Waals surface area contributed by atoms with Gasteiger partial charge in [-0.25, -0.2) is 0 Å². The highest BCUT2D eigenvalue weighted by Gasteiger charge is 2.43. The van der Waals surface area contributed by atoms with Crippen molar-refractivity contribution in [2.75, 3.05) is 19.8 Å². The van der Waals surface area contributed by atoms with Crippen molar-refractivity contribution >= 4 is 11.6 Å². The first kappa shape index (κ1) is 19.3. The summed E-state index contributed by atoms with van der Waals surface area (Å²) >= 11 is 0. The van der Waals surface area contributed by atoms with Crippen LogP contribution in [0.25, 0.3) is 0 Å². The number of oxime groups is 1. The van der Waals surface area contributed by atoms with Gasteiger partial charge in [0.05, 0.1) is 25.5 Å². The van der Waals surface area contributed by atoms with E-state index in [-0.39, 0.29) is 30.4 Å². The molecule has 1 unspecified atom stereocenters. The van der Waals surface area contributed by atoms with Crippen LogP contribution in [-0.4, -0.2) is 43.7 Å². The van der Waals surface area contributed by atoms with Gasteiger partial charge in [-0.05, 0) is 31.0 Å². The molecule has 0 radical (unpaired) electrons. The van der Waals surface area contributed by atoms with Crippen LogP contribution in [0.5, 0.6) is 11.5 Å². The van der Waals surface area contributed by atoms with Gasteiger partial charge in [0, 0.05) is 24.8 Å². The zero-order valence-electron chi connectivity index (χ0n) is 14.8. The summed E-state index contributed by atoms with van der Waals surface area (Å²) in [6, 6.07) is 4.69. The lowest BCUT2D eigenvalue weighted by molar-refractivity contribution is -0.118. The molecule has 2 aliphatic rings. The smallest absolute Gasteiger partial charge is 0.387 e. The van der Waals surface area contributed by atoms with E-state index in [9.17, 15) is 13.6 Å².